The number of likely N-dealkylation sites (tertiary alicyclic amines) is 1. The Balaban J connectivity index is 2.34. The first-order valence-corrected chi connectivity index (χ1v) is 3.92. The molecule has 0 N–H and O–H groups in total. The summed E-state index contributed by atoms with van der Waals surface area (Å²) in [5, 5.41) is 8.46. The largest absolute Gasteiger partial charge is 0.302 e. The summed E-state index contributed by atoms with van der Waals surface area (Å²) < 4.78 is 0. The van der Waals surface area contributed by atoms with Crippen molar-refractivity contribution in [2.75, 3.05) is 13.6 Å². The topological polar surface area (TPSA) is 27.0 Å². The first-order chi connectivity index (χ1) is 4.84. The fourth-order valence-corrected chi connectivity index (χ4v) is 1.51. The Morgan fingerprint density at radius 2 is 2.40 bits per heavy atom. The molecule has 0 aromatic carbocycles. The lowest BCUT2D eigenvalue weighted by molar-refractivity contribution is 0.188. The van der Waals surface area contributed by atoms with E-state index in [4.69, 9.17) is 5.26 Å². The van der Waals surface area contributed by atoms with Gasteiger partial charge in [-0.25, -0.2) is 0 Å². The van der Waals surface area contributed by atoms with Crippen molar-refractivity contribution in [3.63, 3.8) is 0 Å². The van der Waals surface area contributed by atoms with Gasteiger partial charge in [0.1, 0.15) is 0 Å². The van der Waals surface area contributed by atoms with E-state index in [9.17, 15) is 0 Å². The van der Waals surface area contributed by atoms with E-state index >= 15 is 0 Å². The van der Waals surface area contributed by atoms with Gasteiger partial charge in [-0.15, -0.1) is 0 Å². The van der Waals surface area contributed by atoms with Crippen LogP contribution in [-0.4, -0.2) is 24.5 Å². The zero-order chi connectivity index (χ0) is 7.40. The van der Waals surface area contributed by atoms with Gasteiger partial charge < -0.3 is 4.90 Å². The van der Waals surface area contributed by atoms with Crippen molar-refractivity contribution in [2.24, 2.45) is 0 Å². The molecule has 0 spiro atoms. The molecule has 0 aliphatic carbocycles. The lowest BCUT2D eigenvalue weighted by Crippen LogP contribution is -2.35. The van der Waals surface area contributed by atoms with Crippen LogP contribution >= 0.6 is 0 Å². The van der Waals surface area contributed by atoms with Gasteiger partial charge in [-0.05, 0) is 26.4 Å². The highest BCUT2D eigenvalue weighted by molar-refractivity contribution is 4.83. The van der Waals surface area contributed by atoms with Gasteiger partial charge in [-0.3, -0.25) is 0 Å². The maximum absolute atomic E-state index is 8.46. The number of piperidine rings is 1. The minimum atomic E-state index is 0.541. The number of hydrogen-bond donors (Lipinski definition) is 0. The van der Waals surface area contributed by atoms with Crippen molar-refractivity contribution >= 4 is 0 Å². The lowest BCUT2D eigenvalue weighted by Gasteiger charge is -2.30. The summed E-state index contributed by atoms with van der Waals surface area (Å²) in [6.07, 6.45) is 4.52. The summed E-state index contributed by atoms with van der Waals surface area (Å²) in [4.78, 5) is 2.30. The lowest BCUT2D eigenvalue weighted by atomic mass is 10.0. The van der Waals surface area contributed by atoms with Crippen LogP contribution in [0.1, 0.15) is 25.7 Å². The first kappa shape index (κ1) is 7.56. The van der Waals surface area contributed by atoms with Crippen LogP contribution in [0.5, 0.6) is 0 Å². The summed E-state index contributed by atoms with van der Waals surface area (Å²) in [7, 11) is 2.11. The molecule has 0 aromatic rings. The number of rotatable bonds is 1. The van der Waals surface area contributed by atoms with Crippen molar-refractivity contribution in [3.8, 4) is 6.07 Å². The average molecular weight is 138 g/mol. The Morgan fingerprint density at radius 3 is 3.00 bits per heavy atom. The third-order valence-electron chi connectivity index (χ3n) is 2.25. The maximum Gasteiger partial charge on any atom is 0.0638 e. The van der Waals surface area contributed by atoms with Crippen molar-refractivity contribution < 1.29 is 0 Å². The van der Waals surface area contributed by atoms with Crippen LogP contribution in [-0.2, 0) is 0 Å². The van der Waals surface area contributed by atoms with Crippen molar-refractivity contribution in [3.05, 3.63) is 0 Å². The standard InChI is InChI=1S/C8H14N2/c1-10-7-3-2-4-8(10)5-6-9/h8H,2-5,7H2,1H3/t8-/m0/s1. The molecule has 0 aromatic heterocycles. The number of nitrogens with zero attached hydrogens (tertiary/aromatic N) is 2. The third kappa shape index (κ3) is 1.71. The van der Waals surface area contributed by atoms with E-state index in [0.717, 1.165) is 0 Å². The average Bonchev–Trinajstić information content (AvgIpc) is 1.94. The van der Waals surface area contributed by atoms with Crippen LogP contribution < -0.4 is 0 Å². The minimum Gasteiger partial charge on any atom is -0.302 e. The van der Waals surface area contributed by atoms with Gasteiger partial charge in [0.25, 0.3) is 0 Å². The molecular formula is C8H14N2. The molecule has 0 bridgehead atoms. The molecule has 0 saturated carbocycles. The van der Waals surface area contributed by atoms with E-state index in [1.165, 1.54) is 25.8 Å². The normalized spacial score (nSPS) is 27.8. The maximum atomic E-state index is 8.46. The van der Waals surface area contributed by atoms with Crippen LogP contribution in [0, 0.1) is 11.3 Å². The molecule has 0 amide bonds. The van der Waals surface area contributed by atoms with Crippen LogP contribution in [0.2, 0.25) is 0 Å². The first-order valence-electron chi connectivity index (χ1n) is 3.92. The number of hydrogen-bond acceptors (Lipinski definition) is 2. The van der Waals surface area contributed by atoms with Gasteiger partial charge in [0.15, 0.2) is 0 Å². The van der Waals surface area contributed by atoms with E-state index in [0.29, 0.717) is 12.5 Å². The molecule has 56 valence electrons. The van der Waals surface area contributed by atoms with E-state index in [1.807, 2.05) is 0 Å². The molecule has 1 saturated heterocycles. The van der Waals surface area contributed by atoms with Crippen molar-refractivity contribution in [1.82, 2.24) is 4.90 Å². The molecule has 1 aliphatic heterocycles. The molecule has 2 heteroatoms. The molecule has 1 rings (SSSR count). The van der Waals surface area contributed by atoms with Crippen LogP contribution in [0.4, 0.5) is 0 Å². The molecular weight excluding hydrogens is 124 g/mol. The minimum absolute atomic E-state index is 0.541. The Morgan fingerprint density at radius 1 is 1.60 bits per heavy atom. The van der Waals surface area contributed by atoms with Crippen molar-refractivity contribution in [2.45, 2.75) is 31.7 Å². The molecule has 1 atom stereocenters. The van der Waals surface area contributed by atoms with Gasteiger partial charge >= 0.3 is 0 Å². The highest BCUT2D eigenvalue weighted by Crippen LogP contribution is 2.16. The smallest absolute Gasteiger partial charge is 0.0638 e. The predicted molar refractivity (Wildman–Crippen MR) is 40.5 cm³/mol. The van der Waals surface area contributed by atoms with E-state index in [2.05, 4.69) is 18.0 Å². The summed E-state index contributed by atoms with van der Waals surface area (Å²) in [5.74, 6) is 0. The zero-order valence-electron chi connectivity index (χ0n) is 6.51. The molecule has 2 nitrogen and oxygen atoms in total. The monoisotopic (exact) mass is 138 g/mol. The Kier molecular flexibility index (Phi) is 2.70. The zero-order valence-corrected chi connectivity index (χ0v) is 6.51. The summed E-state index contributed by atoms with van der Waals surface area (Å²) in [6.45, 7) is 1.17. The summed E-state index contributed by atoms with van der Waals surface area (Å²) in [6, 6.07) is 2.77. The second kappa shape index (κ2) is 3.58. The summed E-state index contributed by atoms with van der Waals surface area (Å²) in [5.41, 5.74) is 0. The van der Waals surface area contributed by atoms with Gasteiger partial charge in [0, 0.05) is 6.04 Å². The van der Waals surface area contributed by atoms with Crippen LogP contribution in [0.15, 0.2) is 0 Å². The molecule has 10 heavy (non-hydrogen) atoms. The fraction of sp³-hybridized carbons (Fsp3) is 0.875. The molecule has 1 heterocycles. The third-order valence-corrected chi connectivity index (χ3v) is 2.25. The van der Waals surface area contributed by atoms with Crippen LogP contribution in [0.25, 0.3) is 0 Å². The molecule has 1 aliphatic rings. The number of nitriles is 1. The predicted octanol–water partition coefficient (Wildman–Crippen LogP) is 1.38. The molecule has 1 fully saturated rings. The van der Waals surface area contributed by atoms with Gasteiger partial charge in [0.05, 0.1) is 12.5 Å². The van der Waals surface area contributed by atoms with Gasteiger partial charge in [-0.2, -0.15) is 5.26 Å². The van der Waals surface area contributed by atoms with E-state index in [-0.39, 0.29) is 0 Å². The second-order valence-electron chi connectivity index (χ2n) is 2.99. The molecule has 0 radical (unpaired) electrons. The Labute approximate surface area is 62.4 Å². The second-order valence-corrected chi connectivity index (χ2v) is 2.99. The highest BCUT2D eigenvalue weighted by Gasteiger charge is 2.17. The Hall–Kier alpha value is -0.550. The van der Waals surface area contributed by atoms with E-state index < -0.39 is 0 Å². The fourth-order valence-electron chi connectivity index (χ4n) is 1.51. The summed E-state index contributed by atoms with van der Waals surface area (Å²) >= 11 is 0. The van der Waals surface area contributed by atoms with Crippen molar-refractivity contribution in [1.29, 1.82) is 5.26 Å². The van der Waals surface area contributed by atoms with E-state index in [1.54, 1.807) is 0 Å². The molecule has 0 unspecified atom stereocenters. The SMILES string of the molecule is CN1CCCC[C@H]1CC#N. The highest BCUT2D eigenvalue weighted by atomic mass is 15.1. The van der Waals surface area contributed by atoms with Gasteiger partial charge in [-0.1, -0.05) is 6.42 Å². The van der Waals surface area contributed by atoms with Gasteiger partial charge in [0.2, 0.25) is 0 Å². The Bertz CT molecular complexity index is 137. The quantitative estimate of drug-likeness (QED) is 0.547. The van der Waals surface area contributed by atoms with Crippen LogP contribution in [0.3, 0.4) is 0 Å².